The molecule has 0 unspecified atom stereocenters. The second-order valence-corrected chi connectivity index (χ2v) is 30.3. The Morgan fingerprint density at radius 1 is 0.301 bits per heavy atom. The number of ether oxygens (including phenoxy) is 29. The SMILES string of the molecule is COc1cc(/C=C/C(=O)O[C@H]2[C@H](O[C@@H]3O[C@H](COC(C)=O)[C@@H](O[C@@H]4O[C@H](COC(C)=O)[C@@H](OC(C)=O)[C@H](OC(C)=O)[C@H]4OC(C)=O)[C@H](OC(C)=O)[C@H]3OC(C)=O)[C@@H](O[C@@H]3O[C@H](COC(C)=O)[C@@H](OC(C)=O)[C@H](OC(C)=O)[C@H]3OC(C)=O)[C@@H](O[C@]3(COC(=O)/C=C/c4ccc(OC(C)=O)cc4)O[C@H](COC(C)=O)[C@@H](OC(C)=O)[C@@H]3OC(=O)c3ccccc3)O[C@@H]2COC(C)=O)ccc1OC(C)=O. The van der Waals surface area contributed by atoms with Crippen molar-refractivity contribution in [2.45, 2.75) is 258 Å². The molecule has 24 atom stereocenters. The summed E-state index contributed by atoms with van der Waals surface area (Å²) >= 11 is 0. The van der Waals surface area contributed by atoms with Crippen LogP contribution in [-0.4, -0.2) is 307 Å². The van der Waals surface area contributed by atoms with Crippen molar-refractivity contribution in [3.8, 4) is 17.2 Å². The van der Waals surface area contributed by atoms with E-state index in [1.165, 1.54) is 86.0 Å². The van der Waals surface area contributed by atoms with Crippen LogP contribution in [0.5, 0.6) is 17.2 Å². The number of hydrogen-bond donors (Lipinski definition) is 0. The maximum absolute atomic E-state index is 15.5. The Morgan fingerprint density at radius 3 is 1.07 bits per heavy atom. The molecule has 48 heteroatoms. The minimum atomic E-state index is -3.33. The van der Waals surface area contributed by atoms with E-state index in [-0.39, 0.29) is 33.9 Å². The first-order valence-electron chi connectivity index (χ1n) is 41.5. The lowest BCUT2D eigenvalue weighted by atomic mass is 9.94. The summed E-state index contributed by atoms with van der Waals surface area (Å²) in [4.78, 5) is 258. The predicted octanol–water partition coefficient (Wildman–Crippen LogP) is 2.32. The van der Waals surface area contributed by atoms with Gasteiger partial charge in [-0.05, 0) is 59.7 Å². The van der Waals surface area contributed by atoms with Gasteiger partial charge in [-0.15, -0.1) is 0 Å². The van der Waals surface area contributed by atoms with Gasteiger partial charge in [0.05, 0.1) is 12.7 Å². The highest BCUT2D eigenvalue weighted by Gasteiger charge is 2.67. The molecule has 48 nitrogen and oxygen atoms in total. The third kappa shape index (κ3) is 31.8. The first-order valence-corrected chi connectivity index (χ1v) is 41.5. The van der Waals surface area contributed by atoms with Gasteiger partial charge in [-0.1, -0.05) is 36.4 Å². The van der Waals surface area contributed by atoms with E-state index >= 15 is 9.59 Å². The summed E-state index contributed by atoms with van der Waals surface area (Å²) < 4.78 is 176. The third-order valence-electron chi connectivity index (χ3n) is 19.3. The van der Waals surface area contributed by atoms with Crippen LogP contribution in [0, 0.1) is 0 Å². The molecule has 0 spiro atoms. The number of esters is 19. The van der Waals surface area contributed by atoms with Crippen LogP contribution in [0.2, 0.25) is 0 Å². The Kier molecular flexibility index (Phi) is 39.8. The van der Waals surface area contributed by atoms with Crippen molar-refractivity contribution >= 4 is 126 Å². The zero-order valence-corrected chi connectivity index (χ0v) is 76.4. The topological polar surface area (TPSA) is 592 Å². The average molecular weight is 1930 g/mol. The van der Waals surface area contributed by atoms with Gasteiger partial charge in [0.2, 0.25) is 5.79 Å². The largest absolute Gasteiger partial charge is 0.493 e. The van der Waals surface area contributed by atoms with Gasteiger partial charge in [0.1, 0.15) is 94.2 Å². The van der Waals surface area contributed by atoms with Crippen LogP contribution in [0.15, 0.2) is 84.9 Å². The van der Waals surface area contributed by atoms with Gasteiger partial charge in [0.15, 0.2) is 104 Å². The van der Waals surface area contributed by atoms with Gasteiger partial charge in [-0.25, -0.2) is 14.4 Å². The highest BCUT2D eigenvalue weighted by Crippen LogP contribution is 2.46. The summed E-state index contributed by atoms with van der Waals surface area (Å²) in [6.45, 7) is 7.57. The molecule has 136 heavy (non-hydrogen) atoms. The molecule has 3 aromatic carbocycles. The van der Waals surface area contributed by atoms with Crippen molar-refractivity contribution in [1.29, 1.82) is 0 Å². The van der Waals surface area contributed by atoms with Crippen LogP contribution in [0.4, 0.5) is 0 Å². The van der Waals surface area contributed by atoms with Crippen molar-refractivity contribution in [3.63, 3.8) is 0 Å². The summed E-state index contributed by atoms with van der Waals surface area (Å²) in [6.07, 6.45) is -49.7. The standard InChI is InChI=1S/C88H102O48/c1-40(89)109-34-62-69(117-47(8)96)74(120-50(11)99)78(123-53(14)102)84(126-62)131-72-65(37-112-43(4)92)128-85(80(125-55(16)104)76(72)122-52(13)101)132-77-71(130-68(106)32-27-57-25-30-60(116-46(7)95)61(33-57)108-17)64(36-111-42(3)91)129-87(81(77)133-86-79(124-54(15)103)75(121-51(12)100)70(118-48(9)97)63(127-86)35-110-41(2)90)136-88(39-114-67(105)31-26-56-23-28-59(29-24-56)115-45(6)94)82(134-83(107)58-21-19-18-20-22-58)73(119-49(10)98)66(135-88)38-113-44(5)93/h18-33,62-66,69-82,84-87H,34-39H2,1-17H3/b31-26+,32-27+/t62-,63-,64-,65-,66-,69-,70-,71-,72-,73-,74+,75+,76+,77+,78-,79-,80-,81-,82+,84+,85+,86+,87-,88+/m1/s1. The van der Waals surface area contributed by atoms with Gasteiger partial charge in [0.25, 0.3) is 0 Å². The lowest BCUT2D eigenvalue weighted by Gasteiger charge is -2.52. The summed E-state index contributed by atoms with van der Waals surface area (Å²) in [5.41, 5.74) is 0.0364. The molecule has 5 fully saturated rings. The minimum Gasteiger partial charge on any atom is -0.493 e. The minimum absolute atomic E-state index is 0.0794. The lowest BCUT2D eigenvalue weighted by molar-refractivity contribution is -0.423. The summed E-state index contributed by atoms with van der Waals surface area (Å²) in [5.74, 6) is -25.5. The van der Waals surface area contributed by atoms with Crippen molar-refractivity contribution in [3.05, 3.63) is 102 Å². The number of carbonyl (C=O) groups is 19. The molecule has 3 aromatic rings. The monoisotopic (exact) mass is 1930 g/mol. The molecule has 0 aliphatic carbocycles. The average Bonchev–Trinajstić information content (AvgIpc) is 1.53. The molecule has 0 radical (unpaired) electrons. The van der Waals surface area contributed by atoms with E-state index in [4.69, 9.17) is 137 Å². The van der Waals surface area contributed by atoms with Crippen molar-refractivity contribution < 1.29 is 228 Å². The molecular formula is C88H102O48. The Bertz CT molecular complexity index is 4890. The Hall–Kier alpha value is -13.5. The fourth-order valence-corrected chi connectivity index (χ4v) is 14.3. The Labute approximate surface area is 774 Å². The quantitative estimate of drug-likeness (QED) is 0.0342. The number of benzene rings is 3. The van der Waals surface area contributed by atoms with Gasteiger partial charge in [-0.2, -0.15) is 0 Å². The maximum Gasteiger partial charge on any atom is 0.338 e. The van der Waals surface area contributed by atoms with E-state index < -0.39 is 300 Å². The van der Waals surface area contributed by atoms with Gasteiger partial charge >= 0.3 is 113 Å². The number of rotatable bonds is 39. The molecule has 0 aromatic heterocycles. The van der Waals surface area contributed by atoms with Gasteiger partial charge < -0.3 is 137 Å². The summed E-state index contributed by atoms with van der Waals surface area (Å²) in [7, 11) is 1.21. The van der Waals surface area contributed by atoms with Crippen LogP contribution in [0.25, 0.3) is 12.2 Å². The molecular weight excluding hydrogens is 1820 g/mol. The Morgan fingerprint density at radius 2 is 0.654 bits per heavy atom. The van der Waals surface area contributed by atoms with E-state index in [0.717, 1.165) is 129 Å². The molecule has 0 saturated carbocycles. The highest BCUT2D eigenvalue weighted by molar-refractivity contribution is 5.90. The van der Waals surface area contributed by atoms with Crippen molar-refractivity contribution in [2.75, 3.05) is 46.8 Å². The van der Waals surface area contributed by atoms with Crippen molar-refractivity contribution in [1.82, 2.24) is 0 Å². The number of hydrogen-bond acceptors (Lipinski definition) is 48. The second-order valence-electron chi connectivity index (χ2n) is 30.3. The summed E-state index contributed by atoms with van der Waals surface area (Å²) in [6, 6.07) is 16.1. The van der Waals surface area contributed by atoms with Crippen LogP contribution in [0.3, 0.4) is 0 Å². The smallest absolute Gasteiger partial charge is 0.338 e. The lowest BCUT2D eigenvalue weighted by Crippen LogP contribution is -2.70. The number of carbonyl (C=O) groups excluding carboxylic acids is 19. The van der Waals surface area contributed by atoms with Gasteiger partial charge in [-0.3, -0.25) is 76.7 Å². The molecule has 8 rings (SSSR count). The zero-order chi connectivity index (χ0) is 100. The van der Waals surface area contributed by atoms with E-state index in [0.29, 0.717) is 0 Å². The van der Waals surface area contributed by atoms with Crippen LogP contribution in [0.1, 0.15) is 132 Å². The van der Waals surface area contributed by atoms with Gasteiger partial charge in [0, 0.05) is 123 Å². The third-order valence-corrected chi connectivity index (χ3v) is 19.3. The second kappa shape index (κ2) is 50.2. The normalized spacial score (nSPS) is 27.8. The van der Waals surface area contributed by atoms with Crippen LogP contribution >= 0.6 is 0 Å². The van der Waals surface area contributed by atoms with E-state index in [1.54, 1.807) is 0 Å². The predicted molar refractivity (Wildman–Crippen MR) is 438 cm³/mol. The number of methoxy groups -OCH3 is 1. The molecule has 0 bridgehead atoms. The van der Waals surface area contributed by atoms with E-state index in [9.17, 15) is 81.5 Å². The zero-order valence-electron chi connectivity index (χ0n) is 76.4. The first-order chi connectivity index (χ1) is 64.2. The molecule has 0 amide bonds. The van der Waals surface area contributed by atoms with E-state index in [1.807, 2.05) is 0 Å². The van der Waals surface area contributed by atoms with Crippen molar-refractivity contribution in [2.24, 2.45) is 0 Å². The van der Waals surface area contributed by atoms with E-state index in [2.05, 4.69) is 0 Å². The van der Waals surface area contributed by atoms with Crippen LogP contribution < -0.4 is 14.2 Å². The Balaban J connectivity index is 1.52. The molecule has 5 heterocycles. The maximum atomic E-state index is 15.5. The van der Waals surface area contributed by atoms with Crippen LogP contribution in [-0.2, 0) is 209 Å². The molecule has 742 valence electrons. The molecule has 0 N–H and O–H groups in total. The fourth-order valence-electron chi connectivity index (χ4n) is 14.3. The molecule has 5 saturated heterocycles. The highest BCUT2D eigenvalue weighted by atomic mass is 16.9. The summed E-state index contributed by atoms with van der Waals surface area (Å²) in [5, 5.41) is 0. The first kappa shape index (κ1) is 108. The molecule has 5 aliphatic rings. The fraction of sp³-hybridized carbons (Fsp3) is 0.534. The molecule has 5 aliphatic heterocycles.